The fourth-order valence-corrected chi connectivity index (χ4v) is 3.77. The van der Waals surface area contributed by atoms with E-state index in [-0.39, 0.29) is 35.8 Å². The highest BCUT2D eigenvalue weighted by Gasteiger charge is 2.23. The fourth-order valence-electron chi connectivity index (χ4n) is 3.77. The van der Waals surface area contributed by atoms with Gasteiger partial charge in [0.25, 0.3) is 0 Å². The van der Waals surface area contributed by atoms with Gasteiger partial charge in [-0.05, 0) is 42.4 Å². The molecule has 33 heavy (non-hydrogen) atoms. The number of anilines is 1. The first-order chi connectivity index (χ1) is 15.3. The van der Waals surface area contributed by atoms with Crippen molar-refractivity contribution >= 4 is 47.4 Å². The number of guanidine groups is 1. The summed E-state index contributed by atoms with van der Waals surface area (Å²) in [4.78, 5) is 32.8. The number of piperazine rings is 1. The number of carbonyl (C=O) groups is 2. The Morgan fingerprint density at radius 1 is 1.00 bits per heavy atom. The normalized spacial score (nSPS) is 14.4. The van der Waals surface area contributed by atoms with E-state index in [1.807, 2.05) is 21.9 Å². The van der Waals surface area contributed by atoms with E-state index in [1.54, 1.807) is 0 Å². The highest BCUT2D eigenvalue weighted by Crippen LogP contribution is 2.18. The van der Waals surface area contributed by atoms with Gasteiger partial charge in [-0.25, -0.2) is 0 Å². The summed E-state index contributed by atoms with van der Waals surface area (Å²) in [5.74, 6) is 1.65. The van der Waals surface area contributed by atoms with Crippen molar-refractivity contribution in [3.8, 4) is 0 Å². The van der Waals surface area contributed by atoms with Crippen molar-refractivity contribution in [2.24, 2.45) is 16.6 Å². The van der Waals surface area contributed by atoms with Gasteiger partial charge in [-0.3, -0.25) is 14.6 Å². The van der Waals surface area contributed by atoms with E-state index < -0.39 is 0 Å². The molecule has 2 rings (SSSR count). The molecule has 1 saturated heterocycles. The fraction of sp³-hybridized carbons (Fsp3) is 0.640. The van der Waals surface area contributed by atoms with Crippen LogP contribution in [0.5, 0.6) is 0 Å². The Hall–Kier alpha value is -1.84. The molecule has 7 nitrogen and oxygen atoms in total. The van der Waals surface area contributed by atoms with Gasteiger partial charge < -0.3 is 20.9 Å². The quantitative estimate of drug-likeness (QED) is 0.188. The van der Waals surface area contributed by atoms with Crippen LogP contribution in [0, 0.1) is 5.92 Å². The molecule has 1 aromatic rings. The number of hydrogen-bond donors (Lipinski definition) is 2. The average molecular weight is 572 g/mol. The first-order valence-corrected chi connectivity index (χ1v) is 12.0. The largest absolute Gasteiger partial charge is 0.370 e. The molecule has 1 aliphatic heterocycles. The zero-order valence-corrected chi connectivity index (χ0v) is 23.0. The summed E-state index contributed by atoms with van der Waals surface area (Å²) in [6, 6.07) is 8.21. The van der Waals surface area contributed by atoms with Gasteiger partial charge in [0.15, 0.2) is 5.96 Å². The van der Waals surface area contributed by atoms with E-state index in [1.165, 1.54) is 5.56 Å². The lowest BCUT2D eigenvalue weighted by Gasteiger charge is -2.35. The van der Waals surface area contributed by atoms with Crippen molar-refractivity contribution in [3.05, 3.63) is 29.8 Å². The highest BCUT2D eigenvalue weighted by atomic mass is 127. The third-order valence-corrected chi connectivity index (χ3v) is 5.72. The van der Waals surface area contributed by atoms with Gasteiger partial charge in [0, 0.05) is 51.3 Å². The van der Waals surface area contributed by atoms with Crippen LogP contribution in [-0.2, 0) is 9.59 Å². The minimum atomic E-state index is 0. The molecule has 1 fully saturated rings. The number of nitrogens with one attached hydrogen (secondary N) is 1. The predicted octanol–water partition coefficient (Wildman–Crippen LogP) is 4.43. The molecule has 0 saturated carbocycles. The lowest BCUT2D eigenvalue weighted by Crippen LogP contribution is -2.50. The molecular weight excluding hydrogens is 529 g/mol. The molecule has 3 N–H and O–H groups in total. The zero-order chi connectivity index (χ0) is 23.5. The zero-order valence-electron chi connectivity index (χ0n) is 20.7. The number of nitrogens with zero attached hydrogens (tertiary/aromatic N) is 3. The summed E-state index contributed by atoms with van der Waals surface area (Å²) < 4.78 is 0. The minimum Gasteiger partial charge on any atom is -0.370 e. The Kier molecular flexibility index (Phi) is 13.4. The smallest absolute Gasteiger partial charge is 0.222 e. The predicted molar refractivity (Wildman–Crippen MR) is 147 cm³/mol. The van der Waals surface area contributed by atoms with Gasteiger partial charge in [0.05, 0.1) is 0 Å². The molecule has 0 spiro atoms. The molecule has 0 radical (unpaired) electrons. The molecule has 186 valence electrons. The SMILES string of the molecule is CC(C)CC(=O)N1CCN(C(=O)CCCCCN=C(N)Nc2cccc(C(C)C)c2)CC1.I. The molecule has 0 aliphatic carbocycles. The van der Waals surface area contributed by atoms with E-state index in [9.17, 15) is 9.59 Å². The summed E-state index contributed by atoms with van der Waals surface area (Å²) in [5.41, 5.74) is 8.21. The van der Waals surface area contributed by atoms with Crippen molar-refractivity contribution < 1.29 is 9.59 Å². The van der Waals surface area contributed by atoms with Crippen molar-refractivity contribution in [3.63, 3.8) is 0 Å². The average Bonchev–Trinajstić information content (AvgIpc) is 2.75. The maximum Gasteiger partial charge on any atom is 0.222 e. The van der Waals surface area contributed by atoms with Gasteiger partial charge in [0.2, 0.25) is 11.8 Å². The second-order valence-corrected chi connectivity index (χ2v) is 9.34. The second-order valence-electron chi connectivity index (χ2n) is 9.34. The van der Waals surface area contributed by atoms with Crippen LogP contribution in [0.3, 0.4) is 0 Å². The van der Waals surface area contributed by atoms with Crippen molar-refractivity contribution in [1.82, 2.24) is 9.80 Å². The summed E-state index contributed by atoms with van der Waals surface area (Å²) >= 11 is 0. The number of nitrogens with two attached hydrogens (primary N) is 1. The molecule has 0 atom stereocenters. The van der Waals surface area contributed by atoms with E-state index in [4.69, 9.17) is 5.73 Å². The number of rotatable bonds is 10. The third-order valence-electron chi connectivity index (χ3n) is 5.72. The maximum atomic E-state index is 12.4. The lowest BCUT2D eigenvalue weighted by molar-refractivity contribution is -0.140. The van der Waals surface area contributed by atoms with Crippen molar-refractivity contribution in [2.45, 2.75) is 65.7 Å². The number of benzene rings is 1. The van der Waals surface area contributed by atoms with Crippen LogP contribution in [0.1, 0.15) is 71.3 Å². The Labute approximate surface area is 216 Å². The molecule has 0 unspecified atom stereocenters. The first-order valence-electron chi connectivity index (χ1n) is 12.0. The van der Waals surface area contributed by atoms with Gasteiger partial charge in [-0.1, -0.05) is 46.2 Å². The van der Waals surface area contributed by atoms with E-state index >= 15 is 0 Å². The summed E-state index contributed by atoms with van der Waals surface area (Å²) in [6.45, 7) is 11.7. The topological polar surface area (TPSA) is 91.0 Å². The van der Waals surface area contributed by atoms with Crippen LogP contribution in [0.4, 0.5) is 5.69 Å². The van der Waals surface area contributed by atoms with Gasteiger partial charge in [0.1, 0.15) is 0 Å². The number of aliphatic imine (C=N–C) groups is 1. The van der Waals surface area contributed by atoms with E-state index in [0.29, 0.717) is 63.4 Å². The Morgan fingerprint density at radius 2 is 1.64 bits per heavy atom. The van der Waals surface area contributed by atoms with Gasteiger partial charge in [-0.15, -0.1) is 24.0 Å². The molecule has 2 amide bonds. The molecule has 1 heterocycles. The maximum absolute atomic E-state index is 12.4. The summed E-state index contributed by atoms with van der Waals surface area (Å²) in [6.07, 6.45) is 3.84. The summed E-state index contributed by atoms with van der Waals surface area (Å²) in [7, 11) is 0. The Bertz CT molecular complexity index is 774. The summed E-state index contributed by atoms with van der Waals surface area (Å²) in [5, 5.41) is 3.15. The third kappa shape index (κ3) is 10.8. The van der Waals surface area contributed by atoms with Crippen LogP contribution in [-0.4, -0.2) is 60.3 Å². The van der Waals surface area contributed by atoms with Crippen LogP contribution in [0.2, 0.25) is 0 Å². The van der Waals surface area contributed by atoms with Crippen molar-refractivity contribution in [2.75, 3.05) is 38.0 Å². The molecular formula is C25H42IN5O2. The second kappa shape index (κ2) is 15.1. The lowest BCUT2D eigenvalue weighted by atomic mass is 10.0. The van der Waals surface area contributed by atoms with Crippen LogP contribution in [0.15, 0.2) is 29.3 Å². The number of hydrogen-bond acceptors (Lipinski definition) is 3. The van der Waals surface area contributed by atoms with E-state index in [0.717, 1.165) is 24.9 Å². The van der Waals surface area contributed by atoms with Crippen LogP contribution < -0.4 is 11.1 Å². The van der Waals surface area contributed by atoms with Gasteiger partial charge in [-0.2, -0.15) is 0 Å². The highest BCUT2D eigenvalue weighted by molar-refractivity contribution is 14.0. The standard InChI is InChI=1S/C25H41N5O2.HI/c1-19(2)17-24(32)30-15-13-29(14-16-30)23(31)11-6-5-7-12-27-25(26)28-22-10-8-9-21(18-22)20(3)4;/h8-10,18-20H,5-7,11-17H2,1-4H3,(H3,26,27,28);1H. The number of carbonyl (C=O) groups excluding carboxylic acids is 2. The van der Waals surface area contributed by atoms with Crippen molar-refractivity contribution in [1.29, 1.82) is 0 Å². The molecule has 1 aliphatic rings. The Morgan fingerprint density at radius 3 is 2.24 bits per heavy atom. The number of unbranched alkanes of at least 4 members (excludes halogenated alkanes) is 2. The monoisotopic (exact) mass is 571 g/mol. The van der Waals surface area contributed by atoms with E-state index in [2.05, 4.69) is 50.1 Å². The molecule has 0 bridgehead atoms. The first kappa shape index (κ1) is 29.2. The molecule has 8 heteroatoms. The molecule has 1 aromatic carbocycles. The number of halogens is 1. The molecule has 0 aromatic heterocycles. The van der Waals surface area contributed by atoms with Crippen LogP contribution in [0.25, 0.3) is 0 Å². The van der Waals surface area contributed by atoms with Crippen LogP contribution >= 0.6 is 24.0 Å². The minimum absolute atomic E-state index is 0. The van der Waals surface area contributed by atoms with Gasteiger partial charge >= 0.3 is 0 Å². The number of amides is 2. The Balaban J connectivity index is 0.00000544.